The Bertz CT molecular complexity index is 346. The third-order valence-electron chi connectivity index (χ3n) is 3.93. The second-order valence-electron chi connectivity index (χ2n) is 5.06. The van der Waals surface area contributed by atoms with Gasteiger partial charge >= 0.3 is 0 Å². The van der Waals surface area contributed by atoms with Crippen LogP contribution in [0.2, 0.25) is 0 Å². The van der Waals surface area contributed by atoms with E-state index in [2.05, 4.69) is 63.5 Å². The Balaban J connectivity index is 3.12. The van der Waals surface area contributed by atoms with Gasteiger partial charge in [0.1, 0.15) is 0 Å². The molecule has 2 unspecified atom stereocenters. The van der Waals surface area contributed by atoms with Crippen LogP contribution >= 0.6 is 11.3 Å². The van der Waals surface area contributed by atoms with Gasteiger partial charge in [-0.25, -0.2) is 0 Å². The first-order chi connectivity index (χ1) is 7.97. The lowest BCUT2D eigenvalue weighted by atomic mass is 9.86. The monoisotopic (exact) mass is 254 g/mol. The highest BCUT2D eigenvalue weighted by Gasteiger charge is 2.36. The molecular weight excluding hydrogens is 228 g/mol. The van der Waals surface area contributed by atoms with Crippen molar-refractivity contribution in [3.63, 3.8) is 0 Å². The van der Waals surface area contributed by atoms with Gasteiger partial charge in [0.15, 0.2) is 0 Å². The van der Waals surface area contributed by atoms with Crippen molar-refractivity contribution in [3.8, 4) is 0 Å². The summed E-state index contributed by atoms with van der Waals surface area (Å²) >= 11 is 1.87. The summed E-state index contributed by atoms with van der Waals surface area (Å²) in [6, 6.07) is 2.63. The first-order valence-corrected chi connectivity index (χ1v) is 7.30. The van der Waals surface area contributed by atoms with Gasteiger partial charge in [0.2, 0.25) is 0 Å². The van der Waals surface area contributed by atoms with Crippen molar-refractivity contribution in [2.75, 3.05) is 20.6 Å². The first kappa shape index (κ1) is 14.7. The number of aryl methyl sites for hydroxylation is 1. The van der Waals surface area contributed by atoms with Crippen molar-refractivity contribution < 1.29 is 0 Å². The van der Waals surface area contributed by atoms with Crippen LogP contribution in [0.25, 0.3) is 0 Å². The van der Waals surface area contributed by atoms with E-state index < -0.39 is 0 Å². The number of rotatable bonds is 6. The van der Waals surface area contributed by atoms with Gasteiger partial charge in [-0.15, -0.1) is 11.3 Å². The topological polar surface area (TPSA) is 15.3 Å². The molecule has 0 aliphatic rings. The highest BCUT2D eigenvalue weighted by atomic mass is 32.1. The van der Waals surface area contributed by atoms with Gasteiger partial charge in [-0.05, 0) is 57.9 Å². The zero-order chi connectivity index (χ0) is 13.1. The predicted octanol–water partition coefficient (Wildman–Crippen LogP) is 3.44. The quantitative estimate of drug-likeness (QED) is 0.836. The lowest BCUT2D eigenvalue weighted by Gasteiger charge is -2.43. The molecule has 0 aromatic carbocycles. The van der Waals surface area contributed by atoms with E-state index in [0.29, 0.717) is 6.04 Å². The Hall–Kier alpha value is -0.380. The fourth-order valence-electron chi connectivity index (χ4n) is 2.26. The maximum absolute atomic E-state index is 3.67. The summed E-state index contributed by atoms with van der Waals surface area (Å²) in [5, 5.41) is 5.86. The molecule has 0 radical (unpaired) electrons. The van der Waals surface area contributed by atoms with Crippen molar-refractivity contribution >= 4 is 11.3 Å². The van der Waals surface area contributed by atoms with Crippen LogP contribution in [0.4, 0.5) is 0 Å². The van der Waals surface area contributed by atoms with Crippen LogP contribution in [0.15, 0.2) is 11.4 Å². The maximum Gasteiger partial charge on any atom is 0.0601 e. The smallest absolute Gasteiger partial charge is 0.0601 e. The molecule has 98 valence electrons. The minimum absolute atomic E-state index is 0.158. The van der Waals surface area contributed by atoms with E-state index >= 15 is 0 Å². The van der Waals surface area contributed by atoms with Gasteiger partial charge < -0.3 is 10.2 Å². The molecule has 0 saturated heterocycles. The Kier molecular flexibility index (Phi) is 5.17. The summed E-state index contributed by atoms with van der Waals surface area (Å²) in [6.07, 6.45) is 1.13. The van der Waals surface area contributed by atoms with E-state index in [1.807, 2.05) is 11.3 Å². The Morgan fingerprint density at radius 3 is 2.41 bits per heavy atom. The fraction of sp³-hybridized carbons (Fsp3) is 0.714. The minimum atomic E-state index is 0.158. The van der Waals surface area contributed by atoms with Crippen LogP contribution < -0.4 is 5.32 Å². The number of hydrogen-bond acceptors (Lipinski definition) is 3. The van der Waals surface area contributed by atoms with Crippen molar-refractivity contribution in [2.24, 2.45) is 0 Å². The van der Waals surface area contributed by atoms with Gasteiger partial charge in [0, 0.05) is 10.4 Å². The van der Waals surface area contributed by atoms with Crippen molar-refractivity contribution in [1.29, 1.82) is 0 Å². The normalized spacial score (nSPS) is 17.1. The summed E-state index contributed by atoms with van der Waals surface area (Å²) < 4.78 is 0. The molecule has 0 aliphatic carbocycles. The first-order valence-electron chi connectivity index (χ1n) is 6.42. The molecule has 0 spiro atoms. The van der Waals surface area contributed by atoms with Crippen molar-refractivity contribution in [3.05, 3.63) is 21.9 Å². The molecule has 1 heterocycles. The van der Waals surface area contributed by atoms with E-state index in [4.69, 9.17) is 0 Å². The molecule has 1 rings (SSSR count). The number of thiophene rings is 1. The van der Waals surface area contributed by atoms with Crippen LogP contribution in [0, 0.1) is 6.92 Å². The van der Waals surface area contributed by atoms with Crippen molar-refractivity contribution in [1.82, 2.24) is 10.2 Å². The van der Waals surface area contributed by atoms with Gasteiger partial charge in [-0.1, -0.05) is 13.8 Å². The second kappa shape index (κ2) is 5.98. The predicted molar refractivity (Wildman–Crippen MR) is 77.9 cm³/mol. The Labute approximate surface area is 110 Å². The Morgan fingerprint density at radius 2 is 2.06 bits per heavy atom. The maximum atomic E-state index is 3.67. The van der Waals surface area contributed by atoms with E-state index in [0.717, 1.165) is 13.0 Å². The van der Waals surface area contributed by atoms with Gasteiger partial charge in [-0.3, -0.25) is 0 Å². The van der Waals surface area contributed by atoms with E-state index in [9.17, 15) is 0 Å². The SMILES string of the molecule is CCNC(c1sccc1C)C(C)(CC)N(C)C. The molecule has 0 amide bonds. The highest BCUT2D eigenvalue weighted by Crippen LogP contribution is 2.36. The van der Waals surface area contributed by atoms with Crippen LogP contribution in [0.3, 0.4) is 0 Å². The number of hydrogen-bond donors (Lipinski definition) is 1. The lowest BCUT2D eigenvalue weighted by Crippen LogP contribution is -2.51. The molecule has 0 bridgehead atoms. The van der Waals surface area contributed by atoms with Gasteiger partial charge in [-0.2, -0.15) is 0 Å². The Morgan fingerprint density at radius 1 is 1.41 bits per heavy atom. The zero-order valence-electron chi connectivity index (χ0n) is 12.0. The molecule has 17 heavy (non-hydrogen) atoms. The third-order valence-corrected chi connectivity index (χ3v) is 5.02. The van der Waals surface area contributed by atoms with Crippen LogP contribution in [0.5, 0.6) is 0 Å². The van der Waals surface area contributed by atoms with Gasteiger partial charge in [0.25, 0.3) is 0 Å². The number of nitrogens with one attached hydrogen (secondary N) is 1. The minimum Gasteiger partial charge on any atom is -0.308 e. The fourth-order valence-corrected chi connectivity index (χ4v) is 3.40. The molecular formula is C14H26N2S. The summed E-state index contributed by atoms with van der Waals surface area (Å²) in [5.41, 5.74) is 1.56. The molecule has 0 saturated carbocycles. The van der Waals surface area contributed by atoms with E-state index in [1.54, 1.807) is 0 Å². The molecule has 3 heteroatoms. The average molecular weight is 254 g/mol. The molecule has 2 atom stereocenters. The zero-order valence-corrected chi connectivity index (χ0v) is 12.8. The van der Waals surface area contributed by atoms with Crippen LogP contribution in [-0.2, 0) is 0 Å². The molecule has 0 aliphatic heterocycles. The van der Waals surface area contributed by atoms with Gasteiger partial charge in [0.05, 0.1) is 6.04 Å². The highest BCUT2D eigenvalue weighted by molar-refractivity contribution is 7.10. The standard InChI is InChI=1S/C14H26N2S/c1-7-14(4,16(5)6)13(15-8-2)12-11(3)9-10-17-12/h9-10,13,15H,7-8H2,1-6H3. The molecule has 1 aromatic heterocycles. The van der Waals surface area contributed by atoms with Crippen LogP contribution in [0.1, 0.15) is 43.7 Å². The summed E-state index contributed by atoms with van der Waals surface area (Å²) in [7, 11) is 4.35. The summed E-state index contributed by atoms with van der Waals surface area (Å²) in [6.45, 7) is 10.0. The molecule has 2 nitrogen and oxygen atoms in total. The molecule has 1 aromatic rings. The lowest BCUT2D eigenvalue weighted by molar-refractivity contribution is 0.115. The number of nitrogens with zero attached hydrogens (tertiary/aromatic N) is 1. The van der Waals surface area contributed by atoms with E-state index in [1.165, 1.54) is 10.4 Å². The summed E-state index contributed by atoms with van der Waals surface area (Å²) in [4.78, 5) is 3.82. The van der Waals surface area contributed by atoms with E-state index in [-0.39, 0.29) is 5.54 Å². The summed E-state index contributed by atoms with van der Waals surface area (Å²) in [5.74, 6) is 0. The second-order valence-corrected chi connectivity index (χ2v) is 6.01. The van der Waals surface area contributed by atoms with Crippen LogP contribution in [-0.4, -0.2) is 31.1 Å². The average Bonchev–Trinajstić information content (AvgIpc) is 2.71. The molecule has 0 fully saturated rings. The largest absolute Gasteiger partial charge is 0.308 e. The number of likely N-dealkylation sites (N-methyl/N-ethyl adjacent to an activating group) is 2. The van der Waals surface area contributed by atoms with Crippen molar-refractivity contribution in [2.45, 2.75) is 45.7 Å². The third kappa shape index (κ3) is 2.90. The molecule has 1 N–H and O–H groups in total.